The number of rotatable bonds is 6. The topological polar surface area (TPSA) is 49.7 Å². The smallest absolute Gasteiger partial charge is 0.165 e. The Hall–Kier alpha value is -3.64. The number of pyridine rings is 1. The second-order valence-electron chi connectivity index (χ2n) is 10.7. The van der Waals surface area contributed by atoms with Gasteiger partial charge in [0.05, 0.1) is 27.6 Å². The summed E-state index contributed by atoms with van der Waals surface area (Å²) in [5.41, 5.74) is 9.88. The molecule has 5 nitrogen and oxygen atoms in total. The van der Waals surface area contributed by atoms with E-state index in [0.29, 0.717) is 29.8 Å². The molecule has 1 aliphatic heterocycles. The van der Waals surface area contributed by atoms with Crippen LogP contribution in [0.15, 0.2) is 54.9 Å². The van der Waals surface area contributed by atoms with E-state index in [4.69, 9.17) is 16.7 Å². The van der Waals surface area contributed by atoms with Crippen LogP contribution >= 0.6 is 11.6 Å². The number of aryl methyl sites for hydroxylation is 2. The summed E-state index contributed by atoms with van der Waals surface area (Å²) >= 11 is 6.58. The first kappa shape index (κ1) is 27.5. The Bertz CT molecular complexity index is 1690. The minimum absolute atomic E-state index is 0.235. The van der Waals surface area contributed by atoms with E-state index < -0.39 is 0 Å². The lowest BCUT2D eigenvalue weighted by atomic mass is 9.97. The zero-order valence-electron chi connectivity index (χ0n) is 24.3. The maximum Gasteiger partial charge on any atom is 0.165 e. The van der Waals surface area contributed by atoms with E-state index in [1.807, 2.05) is 32.3 Å². The molecule has 7 rings (SSSR count). The Morgan fingerprint density at radius 2 is 1.80 bits per heavy atom. The van der Waals surface area contributed by atoms with Crippen molar-refractivity contribution in [3.63, 3.8) is 0 Å². The third-order valence-corrected chi connectivity index (χ3v) is 8.64. The molecule has 1 N–H and O–H groups in total. The van der Waals surface area contributed by atoms with E-state index in [-0.39, 0.29) is 5.82 Å². The van der Waals surface area contributed by atoms with Gasteiger partial charge in [0.1, 0.15) is 0 Å². The first-order chi connectivity index (χ1) is 20.1. The maximum atomic E-state index is 15.4. The van der Waals surface area contributed by atoms with Gasteiger partial charge in [0.25, 0.3) is 0 Å². The molecule has 0 saturated heterocycles. The Morgan fingerprint density at radius 1 is 1.05 bits per heavy atom. The van der Waals surface area contributed by atoms with Gasteiger partial charge in [0.15, 0.2) is 11.6 Å². The quantitative estimate of drug-likeness (QED) is 0.222. The van der Waals surface area contributed by atoms with Crippen LogP contribution in [0.25, 0.3) is 27.8 Å². The largest absolute Gasteiger partial charge is 0.360 e. The van der Waals surface area contributed by atoms with Gasteiger partial charge >= 0.3 is 0 Å². The van der Waals surface area contributed by atoms with Crippen LogP contribution in [-0.2, 0) is 25.8 Å². The van der Waals surface area contributed by atoms with E-state index in [9.17, 15) is 0 Å². The van der Waals surface area contributed by atoms with Crippen LogP contribution in [0.1, 0.15) is 74.4 Å². The molecular formula is C34H37ClFN5. The average molecular weight is 570 g/mol. The lowest BCUT2D eigenvalue weighted by Crippen LogP contribution is -2.31. The van der Waals surface area contributed by atoms with Crippen LogP contribution < -0.4 is 4.90 Å². The summed E-state index contributed by atoms with van der Waals surface area (Å²) in [6.45, 7) is 9.60. The van der Waals surface area contributed by atoms with Crippen molar-refractivity contribution < 1.29 is 4.39 Å². The summed E-state index contributed by atoms with van der Waals surface area (Å²) < 4.78 is 17.5. The molecule has 212 valence electrons. The molecule has 0 amide bonds. The lowest BCUT2D eigenvalue weighted by Gasteiger charge is -2.28. The molecule has 41 heavy (non-hydrogen) atoms. The predicted octanol–water partition coefficient (Wildman–Crippen LogP) is 8.80. The van der Waals surface area contributed by atoms with Gasteiger partial charge in [0.2, 0.25) is 0 Å². The van der Waals surface area contributed by atoms with Crippen LogP contribution in [0, 0.1) is 5.82 Å². The fourth-order valence-corrected chi connectivity index (χ4v) is 6.34. The Labute approximate surface area is 246 Å². The van der Waals surface area contributed by atoms with Crippen LogP contribution in [-0.4, -0.2) is 26.3 Å². The monoisotopic (exact) mass is 569 g/mol. The number of halogens is 2. The SMILES string of the molecule is CC.CCc1cccc(CC)c1-n1nc2c(c1-c1ccc(Cl)c3[nH]ccc13)CN(c1ncc(C3CC3)cc1F)CC2. The van der Waals surface area contributed by atoms with Gasteiger partial charge in [-0.15, -0.1) is 0 Å². The van der Waals surface area contributed by atoms with Crippen LogP contribution in [0.3, 0.4) is 0 Å². The number of hydrogen-bond acceptors (Lipinski definition) is 3. The number of anilines is 1. The molecule has 0 spiro atoms. The Balaban J connectivity index is 0.00000148. The zero-order valence-corrected chi connectivity index (χ0v) is 25.0. The van der Waals surface area contributed by atoms with Crippen molar-refractivity contribution in [2.45, 2.75) is 72.3 Å². The molecule has 0 unspecified atom stereocenters. The van der Waals surface area contributed by atoms with Crippen LogP contribution in [0.4, 0.5) is 10.2 Å². The molecule has 0 radical (unpaired) electrons. The summed E-state index contributed by atoms with van der Waals surface area (Å²) in [4.78, 5) is 9.99. The van der Waals surface area contributed by atoms with Crippen molar-refractivity contribution in [1.29, 1.82) is 0 Å². The first-order valence-electron chi connectivity index (χ1n) is 15.0. The number of para-hydroxylation sites is 1. The molecule has 7 heteroatoms. The van der Waals surface area contributed by atoms with Crippen LogP contribution in [0.2, 0.25) is 5.02 Å². The van der Waals surface area contributed by atoms with Gasteiger partial charge < -0.3 is 9.88 Å². The van der Waals surface area contributed by atoms with Gasteiger partial charge in [-0.1, -0.05) is 63.6 Å². The summed E-state index contributed by atoms with van der Waals surface area (Å²) in [6, 6.07) is 14.3. The minimum Gasteiger partial charge on any atom is -0.360 e. The number of nitrogens with one attached hydrogen (secondary N) is 1. The second kappa shape index (κ2) is 11.3. The normalized spacial score (nSPS) is 14.6. The van der Waals surface area contributed by atoms with E-state index in [1.54, 1.807) is 6.07 Å². The molecule has 2 aromatic carbocycles. The summed E-state index contributed by atoms with van der Waals surface area (Å²) in [5.74, 6) is 0.662. The number of aromatic nitrogens is 4. The van der Waals surface area contributed by atoms with E-state index in [1.165, 1.54) is 11.1 Å². The molecule has 2 aliphatic rings. The number of nitrogens with zero attached hydrogens (tertiary/aromatic N) is 4. The molecule has 5 aromatic rings. The molecule has 1 fully saturated rings. The summed E-state index contributed by atoms with van der Waals surface area (Å²) in [5, 5.41) is 6.99. The predicted molar refractivity (Wildman–Crippen MR) is 167 cm³/mol. The highest BCUT2D eigenvalue weighted by atomic mass is 35.5. The van der Waals surface area contributed by atoms with E-state index in [0.717, 1.165) is 76.8 Å². The third kappa shape index (κ3) is 4.82. The molecule has 3 aromatic heterocycles. The van der Waals surface area contributed by atoms with Gasteiger partial charge in [0, 0.05) is 48.4 Å². The number of hydrogen-bond donors (Lipinski definition) is 1. The molecule has 1 aliphatic carbocycles. The van der Waals surface area contributed by atoms with Gasteiger partial charge in [-0.25, -0.2) is 14.1 Å². The number of fused-ring (bicyclic) bond motifs is 2. The number of benzene rings is 2. The zero-order chi connectivity index (χ0) is 28.7. The van der Waals surface area contributed by atoms with Gasteiger partial charge in [-0.2, -0.15) is 5.10 Å². The Morgan fingerprint density at radius 3 is 2.49 bits per heavy atom. The molecule has 4 heterocycles. The minimum atomic E-state index is -0.235. The summed E-state index contributed by atoms with van der Waals surface area (Å²) in [6.07, 6.45) is 8.58. The van der Waals surface area contributed by atoms with Crippen molar-refractivity contribution in [1.82, 2.24) is 19.7 Å². The van der Waals surface area contributed by atoms with Crippen molar-refractivity contribution >= 4 is 28.3 Å². The standard InChI is InChI=1S/C32H31ClFN5.C2H6/c1-3-19-6-5-7-20(4-2)30(19)39-31(24-10-11-26(33)29-23(24)12-14-35-29)25-18-38(15-13-28(25)37-39)32-27(34)16-22(17-36-32)21-8-9-21;1-2/h5-7,10-12,14,16-17,21,35H,3-4,8-9,13,15,18H2,1-2H3;1-2H3. The van der Waals surface area contributed by atoms with Gasteiger partial charge in [-0.05, 0) is 66.5 Å². The second-order valence-corrected chi connectivity index (χ2v) is 11.1. The van der Waals surface area contributed by atoms with Crippen molar-refractivity contribution in [3.05, 3.63) is 93.6 Å². The molecule has 1 saturated carbocycles. The molecular weight excluding hydrogens is 533 g/mol. The average Bonchev–Trinajstić information content (AvgIpc) is 3.62. The van der Waals surface area contributed by atoms with Crippen molar-refractivity contribution in [2.24, 2.45) is 0 Å². The molecule has 0 atom stereocenters. The van der Waals surface area contributed by atoms with Crippen molar-refractivity contribution in [3.8, 4) is 16.9 Å². The maximum absolute atomic E-state index is 15.4. The first-order valence-corrected chi connectivity index (χ1v) is 15.3. The van der Waals surface area contributed by atoms with E-state index in [2.05, 4.69) is 63.7 Å². The number of H-pyrrole nitrogens is 1. The highest BCUT2D eigenvalue weighted by molar-refractivity contribution is 6.35. The summed E-state index contributed by atoms with van der Waals surface area (Å²) in [7, 11) is 0. The molecule has 0 bridgehead atoms. The Kier molecular flexibility index (Phi) is 7.60. The van der Waals surface area contributed by atoms with Crippen LogP contribution in [0.5, 0.6) is 0 Å². The fourth-order valence-electron chi connectivity index (χ4n) is 6.13. The lowest BCUT2D eigenvalue weighted by molar-refractivity contribution is 0.597. The van der Waals surface area contributed by atoms with Gasteiger partial charge in [-0.3, -0.25) is 0 Å². The third-order valence-electron chi connectivity index (χ3n) is 8.33. The fraction of sp³-hybridized carbons (Fsp3) is 0.353. The number of aromatic amines is 1. The van der Waals surface area contributed by atoms with E-state index >= 15 is 4.39 Å². The highest BCUT2D eigenvalue weighted by Gasteiger charge is 2.31. The highest BCUT2D eigenvalue weighted by Crippen LogP contribution is 2.42. The van der Waals surface area contributed by atoms with Crippen molar-refractivity contribution in [2.75, 3.05) is 11.4 Å².